The highest BCUT2D eigenvalue weighted by Gasteiger charge is 2.46. The number of nitrogens with zero attached hydrogens (tertiary/aromatic N) is 2. The van der Waals surface area contributed by atoms with Gasteiger partial charge in [0.1, 0.15) is 0 Å². The van der Waals surface area contributed by atoms with Crippen LogP contribution in [0, 0.1) is 0 Å². The zero-order valence-corrected chi connectivity index (χ0v) is 40.3. The van der Waals surface area contributed by atoms with Crippen molar-refractivity contribution in [1.29, 1.82) is 0 Å². The van der Waals surface area contributed by atoms with Gasteiger partial charge in [0.15, 0.2) is 0 Å². The van der Waals surface area contributed by atoms with Gasteiger partial charge in [-0.1, -0.05) is 237 Å². The summed E-state index contributed by atoms with van der Waals surface area (Å²) in [5.41, 5.74) is 20.3. The Morgan fingerprint density at radius 1 is 0.233 bits per heavy atom. The summed E-state index contributed by atoms with van der Waals surface area (Å²) in [6.07, 6.45) is 0. The third kappa shape index (κ3) is 7.69. The van der Waals surface area contributed by atoms with Crippen LogP contribution in [0.3, 0.4) is 0 Å². The van der Waals surface area contributed by atoms with Crippen molar-refractivity contribution >= 4 is 44.9 Å². The Hall–Kier alpha value is -9.50. The first kappa shape index (κ1) is 43.5. The highest BCUT2D eigenvalue weighted by Crippen LogP contribution is 2.57. The minimum atomic E-state index is -0.564. The van der Waals surface area contributed by atoms with Crippen LogP contribution in [0.2, 0.25) is 0 Å². The van der Waals surface area contributed by atoms with E-state index in [0.717, 1.165) is 45.3 Å². The van der Waals surface area contributed by atoms with E-state index in [2.05, 4.69) is 313 Å². The number of rotatable bonds is 11. The average Bonchev–Trinajstić information content (AvgIpc) is 3.77. The molecule has 73 heavy (non-hydrogen) atoms. The van der Waals surface area contributed by atoms with E-state index < -0.39 is 5.41 Å². The van der Waals surface area contributed by atoms with Gasteiger partial charge in [0.25, 0.3) is 0 Å². The van der Waals surface area contributed by atoms with E-state index in [0.29, 0.717) is 0 Å². The van der Waals surface area contributed by atoms with Gasteiger partial charge >= 0.3 is 0 Å². The molecule has 0 radical (unpaired) electrons. The van der Waals surface area contributed by atoms with Gasteiger partial charge in [0.2, 0.25) is 0 Å². The van der Waals surface area contributed by atoms with Crippen LogP contribution in [0.25, 0.3) is 55.3 Å². The molecule has 1 aliphatic carbocycles. The summed E-state index contributed by atoms with van der Waals surface area (Å²) < 4.78 is 0. The number of benzene rings is 12. The monoisotopic (exact) mass is 930 g/mol. The number of anilines is 6. The van der Waals surface area contributed by atoms with Crippen LogP contribution >= 0.6 is 0 Å². The third-order valence-corrected chi connectivity index (χ3v) is 14.7. The van der Waals surface area contributed by atoms with Crippen molar-refractivity contribution in [3.63, 3.8) is 0 Å². The molecule has 2 nitrogen and oxygen atoms in total. The molecule has 13 rings (SSSR count). The molecule has 0 bridgehead atoms. The minimum absolute atomic E-state index is 0.564. The van der Waals surface area contributed by atoms with Gasteiger partial charge in [-0.3, -0.25) is 0 Å². The van der Waals surface area contributed by atoms with Crippen molar-refractivity contribution in [2.24, 2.45) is 0 Å². The van der Waals surface area contributed by atoms with Gasteiger partial charge in [0, 0.05) is 34.1 Å². The number of hydrogen-bond acceptors (Lipinski definition) is 2. The molecule has 0 unspecified atom stereocenters. The van der Waals surface area contributed by atoms with Crippen LogP contribution in [0.4, 0.5) is 34.1 Å². The fourth-order valence-electron chi connectivity index (χ4n) is 11.5. The molecule has 0 N–H and O–H groups in total. The molecule has 0 aliphatic heterocycles. The summed E-state index contributed by atoms with van der Waals surface area (Å²) in [6.45, 7) is 0. The Morgan fingerprint density at radius 2 is 0.671 bits per heavy atom. The van der Waals surface area contributed by atoms with Crippen LogP contribution < -0.4 is 9.80 Å². The summed E-state index contributed by atoms with van der Waals surface area (Å²) in [5, 5.41) is 2.42. The van der Waals surface area contributed by atoms with Gasteiger partial charge in [0.05, 0.1) is 5.41 Å². The fraction of sp³-hybridized carbons (Fsp3) is 0.0141. The first-order chi connectivity index (χ1) is 36.2. The Bertz CT molecular complexity index is 3840. The Morgan fingerprint density at radius 3 is 1.29 bits per heavy atom. The lowest BCUT2D eigenvalue weighted by Crippen LogP contribution is -2.28. The molecular weight excluding hydrogens is 881 g/mol. The van der Waals surface area contributed by atoms with E-state index in [9.17, 15) is 0 Å². The lowest BCUT2D eigenvalue weighted by Gasteiger charge is -2.35. The zero-order chi connectivity index (χ0) is 48.6. The topological polar surface area (TPSA) is 6.48 Å². The number of para-hydroxylation sites is 2. The molecule has 0 saturated carbocycles. The maximum absolute atomic E-state index is 2.47. The normalized spacial score (nSPS) is 12.2. The highest BCUT2D eigenvalue weighted by atomic mass is 15.2. The molecule has 0 fully saturated rings. The lowest BCUT2D eigenvalue weighted by atomic mass is 9.67. The quantitative estimate of drug-likeness (QED) is 0.128. The molecule has 12 aromatic rings. The second-order valence-electron chi connectivity index (χ2n) is 18.8. The molecule has 0 heterocycles. The smallest absolute Gasteiger partial charge is 0.0714 e. The van der Waals surface area contributed by atoms with Crippen LogP contribution in [0.5, 0.6) is 0 Å². The van der Waals surface area contributed by atoms with Crippen molar-refractivity contribution in [3.05, 3.63) is 326 Å². The molecule has 0 atom stereocenters. The first-order valence-electron chi connectivity index (χ1n) is 25.2. The summed E-state index contributed by atoms with van der Waals surface area (Å²) in [6, 6.07) is 111. The average molecular weight is 931 g/mol. The summed E-state index contributed by atoms with van der Waals surface area (Å²) in [7, 11) is 0. The zero-order valence-electron chi connectivity index (χ0n) is 40.3. The third-order valence-electron chi connectivity index (χ3n) is 14.7. The Balaban J connectivity index is 1.09. The largest absolute Gasteiger partial charge is 0.310 e. The first-order valence-corrected chi connectivity index (χ1v) is 25.2. The van der Waals surface area contributed by atoms with E-state index in [1.165, 1.54) is 66.4 Å². The summed E-state index contributed by atoms with van der Waals surface area (Å²) in [5.74, 6) is 0. The Labute approximate surface area is 428 Å². The van der Waals surface area contributed by atoms with Gasteiger partial charge in [-0.05, 0) is 144 Å². The Kier molecular flexibility index (Phi) is 11.1. The van der Waals surface area contributed by atoms with Gasteiger partial charge in [-0.2, -0.15) is 0 Å². The van der Waals surface area contributed by atoms with Crippen molar-refractivity contribution in [3.8, 4) is 44.5 Å². The maximum atomic E-state index is 2.47. The number of hydrogen-bond donors (Lipinski definition) is 0. The molecule has 1 aliphatic rings. The molecule has 0 amide bonds. The maximum Gasteiger partial charge on any atom is 0.0714 e. The van der Waals surface area contributed by atoms with E-state index in [4.69, 9.17) is 0 Å². The van der Waals surface area contributed by atoms with Crippen molar-refractivity contribution < 1.29 is 0 Å². The lowest BCUT2D eigenvalue weighted by molar-refractivity contribution is 0.768. The van der Waals surface area contributed by atoms with Crippen LogP contribution in [0.15, 0.2) is 303 Å². The summed E-state index contributed by atoms with van der Waals surface area (Å²) >= 11 is 0. The predicted molar refractivity (Wildman–Crippen MR) is 307 cm³/mol. The van der Waals surface area contributed by atoms with Gasteiger partial charge < -0.3 is 9.80 Å². The number of fused-ring (bicyclic) bond motifs is 4. The molecule has 0 saturated heterocycles. The molecular formula is C71H50N2. The molecule has 344 valence electrons. The minimum Gasteiger partial charge on any atom is -0.310 e. The second-order valence-corrected chi connectivity index (χ2v) is 18.8. The SMILES string of the molecule is c1ccc(-c2ccc(N(c3ccccc3)c3cc(-c4ccc5ccccc5c4-c4ccccc4)cc(N(c4ccccc4)c4ccc5c(c4)C(c4ccccc4)(c4ccccc4)c4ccccc4-5)c3)cc2)cc1. The van der Waals surface area contributed by atoms with Gasteiger partial charge in [-0.25, -0.2) is 0 Å². The predicted octanol–water partition coefficient (Wildman–Crippen LogP) is 19.1. The molecule has 2 heteroatoms. The van der Waals surface area contributed by atoms with Crippen molar-refractivity contribution in [2.75, 3.05) is 9.80 Å². The molecule has 0 aromatic heterocycles. The highest BCUT2D eigenvalue weighted by molar-refractivity contribution is 6.05. The molecule has 12 aromatic carbocycles. The van der Waals surface area contributed by atoms with Crippen molar-refractivity contribution in [1.82, 2.24) is 0 Å². The second kappa shape index (κ2) is 18.7. The van der Waals surface area contributed by atoms with Crippen LogP contribution in [-0.2, 0) is 5.41 Å². The van der Waals surface area contributed by atoms with E-state index >= 15 is 0 Å². The van der Waals surface area contributed by atoms with Gasteiger partial charge in [-0.15, -0.1) is 0 Å². The van der Waals surface area contributed by atoms with Crippen molar-refractivity contribution in [2.45, 2.75) is 5.41 Å². The van der Waals surface area contributed by atoms with Crippen LogP contribution in [-0.4, -0.2) is 0 Å². The fourth-order valence-corrected chi connectivity index (χ4v) is 11.5. The van der Waals surface area contributed by atoms with E-state index in [1.807, 2.05) is 0 Å². The van der Waals surface area contributed by atoms with Crippen LogP contribution in [0.1, 0.15) is 22.3 Å². The van der Waals surface area contributed by atoms with E-state index in [1.54, 1.807) is 0 Å². The van der Waals surface area contributed by atoms with E-state index in [-0.39, 0.29) is 0 Å². The summed E-state index contributed by atoms with van der Waals surface area (Å²) in [4.78, 5) is 4.87. The molecule has 0 spiro atoms. The standard InChI is InChI=1S/C71H50N2/c1-7-23-51(24-8-1)52-39-42-60(43-40-52)72(58-32-15-5-16-33-58)62-47-55(65-45-41-53-25-19-20-36-64(53)70(65)54-26-9-2-10-27-54)48-63(49-62)73(59-34-17-6-18-35-59)61-44-46-67-66-37-21-22-38-68(66)71(69(67)50-61,56-28-11-3-12-29-56)57-30-13-4-14-31-57/h1-50H.